The molecule has 2 fully saturated rings. The van der Waals surface area contributed by atoms with Gasteiger partial charge >= 0.3 is 5.97 Å². The number of aliphatic carboxylic acids is 1. The highest BCUT2D eigenvalue weighted by molar-refractivity contribution is 8.00. The molecule has 1 aliphatic carbocycles. The van der Waals surface area contributed by atoms with Gasteiger partial charge in [-0.1, -0.05) is 6.92 Å². The van der Waals surface area contributed by atoms with E-state index in [1.54, 1.807) is 0 Å². The van der Waals surface area contributed by atoms with Gasteiger partial charge in [0, 0.05) is 0 Å². The van der Waals surface area contributed by atoms with E-state index in [4.69, 9.17) is 5.11 Å². The first-order chi connectivity index (χ1) is 6.11. The van der Waals surface area contributed by atoms with E-state index in [0.717, 1.165) is 30.9 Å². The standard InChI is InChI=1S/C9H15NO2S/c1-6-4-9(5-6)10-7(8(11)12)2-3-13-9/h6-7,10H,2-5H2,1H3,(H,11,12). The minimum Gasteiger partial charge on any atom is -0.480 e. The summed E-state index contributed by atoms with van der Waals surface area (Å²) in [6.45, 7) is 2.22. The first kappa shape index (κ1) is 9.34. The van der Waals surface area contributed by atoms with Crippen LogP contribution in [0.4, 0.5) is 0 Å². The fourth-order valence-corrected chi connectivity index (χ4v) is 4.07. The van der Waals surface area contributed by atoms with Crippen molar-refractivity contribution in [2.45, 2.75) is 37.1 Å². The van der Waals surface area contributed by atoms with E-state index in [9.17, 15) is 4.79 Å². The molecule has 0 amide bonds. The first-order valence-electron chi connectivity index (χ1n) is 4.76. The average molecular weight is 201 g/mol. The van der Waals surface area contributed by atoms with Crippen LogP contribution in [0.5, 0.6) is 0 Å². The molecule has 1 spiro atoms. The van der Waals surface area contributed by atoms with Crippen LogP contribution < -0.4 is 5.32 Å². The number of rotatable bonds is 1. The van der Waals surface area contributed by atoms with Crippen LogP contribution in [0.3, 0.4) is 0 Å². The lowest BCUT2D eigenvalue weighted by atomic mass is 9.80. The number of carboxylic acids is 1. The third kappa shape index (κ3) is 1.70. The summed E-state index contributed by atoms with van der Waals surface area (Å²) < 4.78 is 0. The number of carbonyl (C=O) groups is 1. The quantitative estimate of drug-likeness (QED) is 0.671. The molecule has 2 aliphatic rings. The number of carboxylic acid groups (broad SMARTS) is 1. The van der Waals surface area contributed by atoms with Crippen LogP contribution in [0, 0.1) is 5.92 Å². The highest BCUT2D eigenvalue weighted by Crippen LogP contribution is 2.48. The third-order valence-electron chi connectivity index (χ3n) is 2.88. The summed E-state index contributed by atoms with van der Waals surface area (Å²) in [5, 5.41) is 12.1. The van der Waals surface area contributed by atoms with Crippen LogP contribution in [0.2, 0.25) is 0 Å². The van der Waals surface area contributed by atoms with Gasteiger partial charge in [-0.25, -0.2) is 0 Å². The van der Waals surface area contributed by atoms with Crippen LogP contribution in [0.15, 0.2) is 0 Å². The van der Waals surface area contributed by atoms with Crippen molar-refractivity contribution in [1.29, 1.82) is 0 Å². The van der Waals surface area contributed by atoms with Crippen LogP contribution in [0.1, 0.15) is 26.2 Å². The second-order valence-corrected chi connectivity index (χ2v) is 5.66. The van der Waals surface area contributed by atoms with Gasteiger partial charge in [-0.15, -0.1) is 11.8 Å². The van der Waals surface area contributed by atoms with Crippen molar-refractivity contribution >= 4 is 17.7 Å². The molecular weight excluding hydrogens is 186 g/mol. The van der Waals surface area contributed by atoms with E-state index in [2.05, 4.69) is 12.2 Å². The maximum atomic E-state index is 10.8. The molecule has 0 aromatic carbocycles. The van der Waals surface area contributed by atoms with Gasteiger partial charge in [0.05, 0.1) is 4.87 Å². The second kappa shape index (κ2) is 3.17. The van der Waals surface area contributed by atoms with E-state index < -0.39 is 5.97 Å². The molecule has 74 valence electrons. The van der Waals surface area contributed by atoms with E-state index in [1.807, 2.05) is 11.8 Å². The van der Waals surface area contributed by atoms with Crippen molar-refractivity contribution in [3.63, 3.8) is 0 Å². The molecule has 0 radical (unpaired) electrons. The van der Waals surface area contributed by atoms with E-state index in [0.29, 0.717) is 0 Å². The summed E-state index contributed by atoms with van der Waals surface area (Å²) in [6, 6.07) is -0.311. The smallest absolute Gasteiger partial charge is 0.320 e. The lowest BCUT2D eigenvalue weighted by Crippen LogP contribution is -2.60. The van der Waals surface area contributed by atoms with E-state index in [-0.39, 0.29) is 10.9 Å². The molecule has 4 heteroatoms. The molecule has 1 saturated heterocycles. The molecule has 1 heterocycles. The molecule has 1 atom stereocenters. The van der Waals surface area contributed by atoms with Gasteiger partial charge in [0.25, 0.3) is 0 Å². The molecule has 1 unspecified atom stereocenters. The Labute approximate surface area is 82.3 Å². The normalized spacial score (nSPS) is 44.4. The largest absolute Gasteiger partial charge is 0.480 e. The number of hydrogen-bond acceptors (Lipinski definition) is 3. The van der Waals surface area contributed by atoms with Crippen molar-refractivity contribution in [3.05, 3.63) is 0 Å². The number of hydrogen-bond donors (Lipinski definition) is 2. The molecule has 0 aromatic heterocycles. The van der Waals surface area contributed by atoms with Gasteiger partial charge in [0.15, 0.2) is 0 Å². The summed E-state index contributed by atoms with van der Waals surface area (Å²) in [7, 11) is 0. The van der Waals surface area contributed by atoms with Gasteiger partial charge in [-0.05, 0) is 30.9 Å². The van der Waals surface area contributed by atoms with Gasteiger partial charge in [-0.3, -0.25) is 10.1 Å². The van der Waals surface area contributed by atoms with E-state index in [1.165, 1.54) is 0 Å². The molecule has 1 saturated carbocycles. The van der Waals surface area contributed by atoms with Crippen molar-refractivity contribution < 1.29 is 9.90 Å². The van der Waals surface area contributed by atoms with Crippen LogP contribution in [-0.2, 0) is 4.79 Å². The second-order valence-electron chi connectivity index (χ2n) is 4.18. The molecule has 0 aromatic rings. The van der Waals surface area contributed by atoms with Gasteiger partial charge < -0.3 is 5.11 Å². The third-order valence-corrected chi connectivity index (χ3v) is 4.32. The summed E-state index contributed by atoms with van der Waals surface area (Å²) in [6.07, 6.45) is 3.01. The summed E-state index contributed by atoms with van der Waals surface area (Å²) in [5.74, 6) is 1.04. The van der Waals surface area contributed by atoms with Crippen molar-refractivity contribution in [2.24, 2.45) is 5.92 Å². The van der Waals surface area contributed by atoms with Gasteiger partial charge in [0.1, 0.15) is 6.04 Å². The minimum absolute atomic E-state index is 0.112. The predicted octanol–water partition coefficient (Wildman–Crippen LogP) is 1.29. The number of thioether (sulfide) groups is 1. The fraction of sp³-hybridized carbons (Fsp3) is 0.889. The zero-order chi connectivity index (χ0) is 9.47. The van der Waals surface area contributed by atoms with Gasteiger partial charge in [-0.2, -0.15) is 0 Å². The Morgan fingerprint density at radius 3 is 2.85 bits per heavy atom. The summed E-state index contributed by atoms with van der Waals surface area (Å²) in [5.41, 5.74) is 0. The Kier molecular flexibility index (Phi) is 2.28. The highest BCUT2D eigenvalue weighted by atomic mass is 32.2. The topological polar surface area (TPSA) is 49.3 Å². The van der Waals surface area contributed by atoms with Crippen molar-refractivity contribution in [1.82, 2.24) is 5.32 Å². The lowest BCUT2D eigenvalue weighted by Gasteiger charge is -2.50. The SMILES string of the molecule is CC1CC2(C1)NC(C(=O)O)CCS2. The summed E-state index contributed by atoms with van der Waals surface area (Å²) in [4.78, 5) is 10.9. The zero-order valence-corrected chi connectivity index (χ0v) is 8.56. The zero-order valence-electron chi connectivity index (χ0n) is 7.75. The molecule has 2 rings (SSSR count). The number of nitrogens with one attached hydrogen (secondary N) is 1. The van der Waals surface area contributed by atoms with Crippen molar-refractivity contribution in [3.8, 4) is 0 Å². The summed E-state index contributed by atoms with van der Waals surface area (Å²) >= 11 is 1.90. The lowest BCUT2D eigenvalue weighted by molar-refractivity contribution is -0.140. The molecule has 2 N–H and O–H groups in total. The van der Waals surface area contributed by atoms with Crippen LogP contribution >= 0.6 is 11.8 Å². The fourth-order valence-electron chi connectivity index (χ4n) is 2.29. The maximum absolute atomic E-state index is 10.8. The molecule has 13 heavy (non-hydrogen) atoms. The Hall–Kier alpha value is -0.220. The van der Waals surface area contributed by atoms with Crippen LogP contribution in [0.25, 0.3) is 0 Å². The maximum Gasteiger partial charge on any atom is 0.320 e. The Balaban J connectivity index is 1.97. The molecule has 1 aliphatic heterocycles. The monoisotopic (exact) mass is 201 g/mol. The van der Waals surface area contributed by atoms with Gasteiger partial charge in [0.2, 0.25) is 0 Å². The molecular formula is C9H15NO2S. The Morgan fingerprint density at radius 1 is 1.62 bits per heavy atom. The first-order valence-corrected chi connectivity index (χ1v) is 5.74. The minimum atomic E-state index is -0.695. The van der Waals surface area contributed by atoms with Crippen LogP contribution in [-0.4, -0.2) is 27.7 Å². The predicted molar refractivity (Wildman–Crippen MR) is 52.8 cm³/mol. The highest BCUT2D eigenvalue weighted by Gasteiger charge is 2.46. The molecule has 0 bridgehead atoms. The molecule has 3 nitrogen and oxygen atoms in total. The Morgan fingerprint density at radius 2 is 2.31 bits per heavy atom. The van der Waals surface area contributed by atoms with E-state index >= 15 is 0 Å². The average Bonchev–Trinajstić information content (AvgIpc) is 2.02. The van der Waals surface area contributed by atoms with Crippen molar-refractivity contribution in [2.75, 3.05) is 5.75 Å². The Bertz CT molecular complexity index is 220.